The van der Waals surface area contributed by atoms with Crippen LogP contribution in [0, 0.1) is 5.92 Å². The molecule has 0 aliphatic carbocycles. The topological polar surface area (TPSA) is 3.24 Å². The maximum atomic E-state index is 6.24. The fraction of sp³-hybridized carbons (Fsp3) is 0.500. The van der Waals surface area contributed by atoms with Gasteiger partial charge >= 0.3 is 0 Å². The minimum Gasteiger partial charge on any atom is -0.370 e. The number of alkyl halides is 1. The van der Waals surface area contributed by atoms with E-state index in [0.717, 1.165) is 35.3 Å². The Bertz CT molecular complexity index is 351. The summed E-state index contributed by atoms with van der Waals surface area (Å²) in [7, 11) is 0. The number of nitrogens with zero attached hydrogens (tertiary/aromatic N) is 1. The summed E-state index contributed by atoms with van der Waals surface area (Å²) in [5.74, 6) is 1.30. The van der Waals surface area contributed by atoms with Crippen LogP contribution in [0.4, 0.5) is 5.69 Å². The molecule has 0 amide bonds. The summed E-state index contributed by atoms with van der Waals surface area (Å²) in [5.41, 5.74) is 2.23. The molecule has 0 saturated carbocycles. The zero-order chi connectivity index (χ0) is 10.8. The third-order valence-corrected chi connectivity index (χ3v) is 3.54. The molecular formula is C12H15Cl2N. The summed E-state index contributed by atoms with van der Waals surface area (Å²) < 4.78 is 0. The first-order valence-corrected chi connectivity index (χ1v) is 6.21. The van der Waals surface area contributed by atoms with Crippen molar-refractivity contribution in [3.8, 4) is 0 Å². The molecular weight excluding hydrogens is 229 g/mol. The van der Waals surface area contributed by atoms with E-state index < -0.39 is 0 Å². The van der Waals surface area contributed by atoms with Crippen LogP contribution in [0.5, 0.6) is 0 Å². The lowest BCUT2D eigenvalue weighted by Gasteiger charge is -2.20. The Labute approximate surface area is 101 Å². The molecule has 1 heterocycles. The van der Waals surface area contributed by atoms with Crippen molar-refractivity contribution in [1.29, 1.82) is 0 Å². The lowest BCUT2D eigenvalue weighted by Crippen LogP contribution is -2.19. The van der Waals surface area contributed by atoms with Gasteiger partial charge in [0, 0.05) is 19.0 Å². The molecule has 0 radical (unpaired) electrons. The van der Waals surface area contributed by atoms with Gasteiger partial charge in [0.15, 0.2) is 0 Å². The Balaban J connectivity index is 2.21. The van der Waals surface area contributed by atoms with E-state index >= 15 is 0 Å². The van der Waals surface area contributed by atoms with Crippen LogP contribution >= 0.6 is 23.2 Å². The molecule has 1 nitrogen and oxygen atoms in total. The number of hydrogen-bond acceptors (Lipinski definition) is 1. The smallest absolute Gasteiger partial charge is 0.0642 e. The van der Waals surface area contributed by atoms with Gasteiger partial charge < -0.3 is 4.90 Å². The van der Waals surface area contributed by atoms with Gasteiger partial charge in [0.1, 0.15) is 0 Å². The Morgan fingerprint density at radius 2 is 2.27 bits per heavy atom. The second-order valence-corrected chi connectivity index (χ2v) is 4.93. The van der Waals surface area contributed by atoms with Crippen LogP contribution in [0.25, 0.3) is 0 Å². The van der Waals surface area contributed by atoms with Crippen molar-refractivity contribution in [1.82, 2.24) is 0 Å². The minimum absolute atomic E-state index is 0.524. The summed E-state index contributed by atoms with van der Waals surface area (Å²) in [6, 6.07) is 6.10. The van der Waals surface area contributed by atoms with E-state index in [1.54, 1.807) is 0 Å². The van der Waals surface area contributed by atoms with Crippen LogP contribution < -0.4 is 4.90 Å². The predicted molar refractivity (Wildman–Crippen MR) is 67.0 cm³/mol. The highest BCUT2D eigenvalue weighted by Gasteiger charge is 2.20. The summed E-state index contributed by atoms with van der Waals surface area (Å²) in [6.45, 7) is 4.50. The van der Waals surface area contributed by atoms with Crippen LogP contribution in [-0.4, -0.2) is 13.1 Å². The van der Waals surface area contributed by atoms with Crippen LogP contribution in [0.1, 0.15) is 18.9 Å². The molecule has 1 atom stereocenters. The largest absolute Gasteiger partial charge is 0.370 e. The van der Waals surface area contributed by atoms with Crippen LogP contribution in [0.15, 0.2) is 18.2 Å². The van der Waals surface area contributed by atoms with Gasteiger partial charge in [-0.05, 0) is 30.0 Å². The molecule has 1 aliphatic rings. The van der Waals surface area contributed by atoms with Gasteiger partial charge in [-0.25, -0.2) is 0 Å². The summed E-state index contributed by atoms with van der Waals surface area (Å²) in [5, 5.41) is 0.822. The molecule has 0 aromatic heterocycles. The maximum absolute atomic E-state index is 6.24. The Morgan fingerprint density at radius 3 is 2.80 bits per heavy atom. The van der Waals surface area contributed by atoms with Gasteiger partial charge in [0.05, 0.1) is 10.7 Å². The number of rotatable bonds is 2. The molecule has 1 saturated heterocycles. The fourth-order valence-electron chi connectivity index (χ4n) is 2.04. The zero-order valence-electron chi connectivity index (χ0n) is 8.84. The highest BCUT2D eigenvalue weighted by molar-refractivity contribution is 6.33. The number of halogens is 2. The van der Waals surface area contributed by atoms with E-state index in [1.807, 2.05) is 6.07 Å². The summed E-state index contributed by atoms with van der Waals surface area (Å²) in [4.78, 5) is 2.35. The standard InChI is InChI=1S/C12H15Cl2N/c1-9-4-5-15(8-9)12-3-2-10(7-13)6-11(12)14/h2-3,6,9H,4-5,7-8H2,1H3. The molecule has 1 aromatic carbocycles. The quantitative estimate of drug-likeness (QED) is 0.712. The second kappa shape index (κ2) is 4.63. The number of anilines is 1. The average Bonchev–Trinajstić information content (AvgIpc) is 2.64. The van der Waals surface area contributed by atoms with Crippen LogP contribution in [-0.2, 0) is 5.88 Å². The highest BCUT2D eigenvalue weighted by atomic mass is 35.5. The van der Waals surface area contributed by atoms with Gasteiger partial charge in [0.25, 0.3) is 0 Å². The lowest BCUT2D eigenvalue weighted by molar-refractivity contribution is 0.659. The van der Waals surface area contributed by atoms with Crippen molar-refractivity contribution >= 4 is 28.9 Å². The fourth-order valence-corrected chi connectivity index (χ4v) is 2.53. The number of benzene rings is 1. The molecule has 0 N–H and O–H groups in total. The molecule has 82 valence electrons. The van der Waals surface area contributed by atoms with Crippen molar-refractivity contribution in [3.05, 3.63) is 28.8 Å². The monoisotopic (exact) mass is 243 g/mol. The van der Waals surface area contributed by atoms with E-state index in [-0.39, 0.29) is 0 Å². The van der Waals surface area contributed by atoms with Crippen molar-refractivity contribution in [3.63, 3.8) is 0 Å². The third kappa shape index (κ3) is 2.40. The van der Waals surface area contributed by atoms with Gasteiger partial charge in [-0.3, -0.25) is 0 Å². The first kappa shape index (κ1) is 11.1. The Kier molecular flexibility index (Phi) is 3.42. The molecule has 0 spiro atoms. The van der Waals surface area contributed by atoms with E-state index in [9.17, 15) is 0 Å². The zero-order valence-corrected chi connectivity index (χ0v) is 10.4. The van der Waals surface area contributed by atoms with E-state index in [0.29, 0.717) is 5.88 Å². The Morgan fingerprint density at radius 1 is 1.47 bits per heavy atom. The number of hydrogen-bond donors (Lipinski definition) is 0. The first-order valence-electron chi connectivity index (χ1n) is 5.30. The molecule has 2 rings (SSSR count). The minimum atomic E-state index is 0.524. The first-order chi connectivity index (χ1) is 7.20. The third-order valence-electron chi connectivity index (χ3n) is 2.93. The lowest BCUT2D eigenvalue weighted by atomic mass is 10.2. The highest BCUT2D eigenvalue weighted by Crippen LogP contribution is 2.31. The second-order valence-electron chi connectivity index (χ2n) is 4.26. The molecule has 1 fully saturated rings. The van der Waals surface area contributed by atoms with Crippen LogP contribution in [0.3, 0.4) is 0 Å². The van der Waals surface area contributed by atoms with E-state index in [4.69, 9.17) is 23.2 Å². The van der Waals surface area contributed by atoms with Crippen molar-refractivity contribution < 1.29 is 0 Å². The molecule has 1 unspecified atom stereocenters. The van der Waals surface area contributed by atoms with Gasteiger partial charge in [-0.1, -0.05) is 24.6 Å². The molecule has 1 aromatic rings. The van der Waals surface area contributed by atoms with Gasteiger partial charge in [-0.15, -0.1) is 11.6 Å². The maximum Gasteiger partial charge on any atom is 0.0642 e. The van der Waals surface area contributed by atoms with E-state index in [1.165, 1.54) is 6.42 Å². The average molecular weight is 244 g/mol. The van der Waals surface area contributed by atoms with Gasteiger partial charge in [0.2, 0.25) is 0 Å². The van der Waals surface area contributed by atoms with Gasteiger partial charge in [-0.2, -0.15) is 0 Å². The van der Waals surface area contributed by atoms with Crippen molar-refractivity contribution in [2.75, 3.05) is 18.0 Å². The van der Waals surface area contributed by atoms with Crippen molar-refractivity contribution in [2.45, 2.75) is 19.2 Å². The van der Waals surface area contributed by atoms with E-state index in [2.05, 4.69) is 24.0 Å². The molecule has 3 heteroatoms. The SMILES string of the molecule is CC1CCN(c2ccc(CCl)cc2Cl)C1. The Hall–Kier alpha value is -0.400. The molecule has 15 heavy (non-hydrogen) atoms. The summed E-state index contributed by atoms with van der Waals surface area (Å²) >= 11 is 12.0. The van der Waals surface area contributed by atoms with Crippen LogP contribution in [0.2, 0.25) is 5.02 Å². The molecule has 1 aliphatic heterocycles. The van der Waals surface area contributed by atoms with Crippen molar-refractivity contribution in [2.24, 2.45) is 5.92 Å². The summed E-state index contributed by atoms with van der Waals surface area (Å²) in [6.07, 6.45) is 1.26. The normalized spacial score (nSPS) is 21.0. The predicted octanol–water partition coefficient (Wildman–Crippen LogP) is 3.93. The molecule has 0 bridgehead atoms.